The molecule has 0 bridgehead atoms. The summed E-state index contributed by atoms with van der Waals surface area (Å²) < 4.78 is 24.2. The second kappa shape index (κ2) is 5.82. The minimum Gasteiger partial charge on any atom is -0.493 e. The fourth-order valence-corrected chi connectivity index (χ4v) is 2.67. The second-order valence-electron chi connectivity index (χ2n) is 5.33. The molecule has 6 nitrogen and oxygen atoms in total. The highest BCUT2D eigenvalue weighted by molar-refractivity contribution is 5.99. The maximum Gasteiger partial charge on any atom is 0.329 e. The maximum absolute atomic E-state index is 14.2. The molecule has 1 aromatic rings. The molecule has 1 aliphatic heterocycles. The molecule has 0 radical (unpaired) electrons. The SMILES string of the molecule is COc1cc(F)c(C(=O)N2CCCC2(C)C(=O)O)cc1OC. The van der Waals surface area contributed by atoms with Crippen LogP contribution >= 0.6 is 0 Å². The van der Waals surface area contributed by atoms with Crippen molar-refractivity contribution in [2.45, 2.75) is 25.3 Å². The number of aliphatic carboxylic acids is 1. The van der Waals surface area contributed by atoms with E-state index in [0.717, 1.165) is 6.07 Å². The second-order valence-corrected chi connectivity index (χ2v) is 5.33. The highest BCUT2D eigenvalue weighted by atomic mass is 19.1. The van der Waals surface area contributed by atoms with Crippen molar-refractivity contribution in [2.75, 3.05) is 20.8 Å². The highest BCUT2D eigenvalue weighted by Crippen LogP contribution is 2.34. The Morgan fingerprint density at radius 1 is 1.27 bits per heavy atom. The Kier molecular flexibility index (Phi) is 4.25. The first-order valence-corrected chi connectivity index (χ1v) is 6.82. The first-order chi connectivity index (χ1) is 10.3. The van der Waals surface area contributed by atoms with Gasteiger partial charge in [-0.05, 0) is 25.8 Å². The van der Waals surface area contributed by atoms with Gasteiger partial charge < -0.3 is 19.5 Å². The highest BCUT2D eigenvalue weighted by Gasteiger charge is 2.46. The molecule has 1 unspecified atom stereocenters. The molecule has 1 heterocycles. The summed E-state index contributed by atoms with van der Waals surface area (Å²) in [5, 5.41) is 9.36. The zero-order valence-electron chi connectivity index (χ0n) is 12.7. The molecule has 2 rings (SSSR count). The summed E-state index contributed by atoms with van der Waals surface area (Å²) >= 11 is 0. The molecule has 0 saturated carbocycles. The van der Waals surface area contributed by atoms with Gasteiger partial charge in [0.05, 0.1) is 19.8 Å². The number of rotatable bonds is 4. The van der Waals surface area contributed by atoms with Gasteiger partial charge in [-0.3, -0.25) is 4.79 Å². The van der Waals surface area contributed by atoms with Crippen molar-refractivity contribution in [3.05, 3.63) is 23.5 Å². The molecule has 1 fully saturated rings. The summed E-state index contributed by atoms with van der Waals surface area (Å²) in [4.78, 5) is 25.2. The normalized spacial score (nSPS) is 20.8. The Bertz CT molecular complexity index is 618. The van der Waals surface area contributed by atoms with Crippen LogP contribution < -0.4 is 9.47 Å². The summed E-state index contributed by atoms with van der Waals surface area (Å²) in [6.07, 6.45) is 0.895. The van der Waals surface area contributed by atoms with E-state index in [4.69, 9.17) is 9.47 Å². The van der Waals surface area contributed by atoms with Gasteiger partial charge in [-0.2, -0.15) is 0 Å². The lowest BCUT2D eigenvalue weighted by atomic mass is 9.98. The number of ether oxygens (including phenoxy) is 2. The van der Waals surface area contributed by atoms with Crippen molar-refractivity contribution in [3.8, 4) is 11.5 Å². The molecule has 1 aliphatic rings. The van der Waals surface area contributed by atoms with Gasteiger partial charge in [0.15, 0.2) is 11.5 Å². The number of carbonyl (C=O) groups excluding carboxylic acids is 1. The minimum atomic E-state index is -1.32. The molecule has 0 aromatic heterocycles. The number of halogens is 1. The number of hydrogen-bond acceptors (Lipinski definition) is 4. The largest absolute Gasteiger partial charge is 0.493 e. The molecule has 1 N–H and O–H groups in total. The van der Waals surface area contributed by atoms with Gasteiger partial charge in [0.2, 0.25) is 0 Å². The molecule has 1 saturated heterocycles. The third kappa shape index (κ3) is 2.47. The number of carbonyl (C=O) groups is 2. The fourth-order valence-electron chi connectivity index (χ4n) is 2.67. The predicted molar refractivity (Wildman–Crippen MR) is 75.8 cm³/mol. The Morgan fingerprint density at radius 3 is 2.41 bits per heavy atom. The number of hydrogen-bond donors (Lipinski definition) is 1. The van der Waals surface area contributed by atoms with E-state index in [9.17, 15) is 19.1 Å². The maximum atomic E-state index is 14.2. The monoisotopic (exact) mass is 311 g/mol. The van der Waals surface area contributed by atoms with Crippen molar-refractivity contribution < 1.29 is 28.6 Å². The summed E-state index contributed by atoms with van der Waals surface area (Å²) in [7, 11) is 2.74. The lowest BCUT2D eigenvalue weighted by Crippen LogP contribution is -2.50. The molecule has 0 spiro atoms. The Hall–Kier alpha value is -2.31. The molecule has 1 atom stereocenters. The van der Waals surface area contributed by atoms with E-state index in [0.29, 0.717) is 12.8 Å². The molecule has 22 heavy (non-hydrogen) atoms. The number of benzene rings is 1. The zero-order chi connectivity index (χ0) is 16.5. The van der Waals surface area contributed by atoms with Crippen molar-refractivity contribution in [2.24, 2.45) is 0 Å². The van der Waals surface area contributed by atoms with Crippen LogP contribution in [-0.4, -0.2) is 48.2 Å². The van der Waals surface area contributed by atoms with E-state index in [-0.39, 0.29) is 23.6 Å². The molecule has 0 aliphatic carbocycles. The Morgan fingerprint density at radius 2 is 1.86 bits per heavy atom. The number of likely N-dealkylation sites (tertiary alicyclic amines) is 1. The van der Waals surface area contributed by atoms with Crippen LogP contribution in [0.25, 0.3) is 0 Å². The molecule has 1 aromatic carbocycles. The average Bonchev–Trinajstić information content (AvgIpc) is 2.89. The van der Waals surface area contributed by atoms with Crippen LogP contribution in [0.1, 0.15) is 30.1 Å². The molecular weight excluding hydrogens is 293 g/mol. The minimum absolute atomic E-state index is 0.166. The van der Waals surface area contributed by atoms with Crippen LogP contribution in [0.2, 0.25) is 0 Å². The third-order valence-corrected chi connectivity index (χ3v) is 4.05. The van der Waals surface area contributed by atoms with Crippen LogP contribution in [0.15, 0.2) is 12.1 Å². The lowest BCUT2D eigenvalue weighted by molar-refractivity contribution is -0.147. The number of amides is 1. The standard InChI is InChI=1S/C15H18FNO5/c1-15(14(19)20)5-4-6-17(15)13(18)9-7-11(21-2)12(22-3)8-10(9)16/h7-8H,4-6H2,1-3H3,(H,19,20). The predicted octanol–water partition coefficient (Wildman–Crippen LogP) is 1.92. The molecule has 120 valence electrons. The van der Waals surface area contributed by atoms with Gasteiger partial charge in [-0.25, -0.2) is 9.18 Å². The van der Waals surface area contributed by atoms with Gasteiger partial charge in [-0.1, -0.05) is 0 Å². The summed E-state index contributed by atoms with van der Waals surface area (Å²) in [6.45, 7) is 1.74. The van der Waals surface area contributed by atoms with Crippen molar-refractivity contribution in [3.63, 3.8) is 0 Å². The van der Waals surface area contributed by atoms with Gasteiger partial charge >= 0.3 is 5.97 Å². The number of nitrogens with zero attached hydrogens (tertiary/aromatic N) is 1. The first kappa shape index (κ1) is 16.1. The lowest BCUT2D eigenvalue weighted by Gasteiger charge is -2.31. The summed E-state index contributed by atoms with van der Waals surface area (Å²) in [6, 6.07) is 2.29. The van der Waals surface area contributed by atoms with Crippen LogP contribution in [0.4, 0.5) is 4.39 Å². The van der Waals surface area contributed by atoms with Crippen molar-refractivity contribution in [1.29, 1.82) is 0 Å². The van der Waals surface area contributed by atoms with Gasteiger partial charge in [0.1, 0.15) is 11.4 Å². The van der Waals surface area contributed by atoms with Gasteiger partial charge in [0, 0.05) is 12.6 Å². The van der Waals surface area contributed by atoms with Crippen LogP contribution in [0.3, 0.4) is 0 Å². The van der Waals surface area contributed by atoms with E-state index < -0.39 is 23.2 Å². The summed E-state index contributed by atoms with van der Waals surface area (Å²) in [5.74, 6) is -2.16. The van der Waals surface area contributed by atoms with E-state index in [1.807, 2.05) is 0 Å². The zero-order valence-corrected chi connectivity index (χ0v) is 12.7. The van der Waals surface area contributed by atoms with Gasteiger partial charge in [0.25, 0.3) is 5.91 Å². The third-order valence-electron chi connectivity index (χ3n) is 4.05. The number of carboxylic acids is 1. The van der Waals surface area contributed by atoms with Crippen molar-refractivity contribution in [1.82, 2.24) is 4.90 Å². The fraction of sp³-hybridized carbons (Fsp3) is 0.467. The smallest absolute Gasteiger partial charge is 0.329 e. The van der Waals surface area contributed by atoms with Crippen molar-refractivity contribution >= 4 is 11.9 Å². The van der Waals surface area contributed by atoms with E-state index >= 15 is 0 Å². The van der Waals surface area contributed by atoms with Crippen LogP contribution in [-0.2, 0) is 4.79 Å². The topological polar surface area (TPSA) is 76.1 Å². The Balaban J connectivity index is 2.43. The van der Waals surface area contributed by atoms with E-state index in [1.165, 1.54) is 32.1 Å². The number of methoxy groups -OCH3 is 2. The quantitative estimate of drug-likeness (QED) is 0.919. The molecular formula is C15H18FNO5. The van der Waals surface area contributed by atoms with E-state index in [1.54, 1.807) is 0 Å². The molecule has 1 amide bonds. The van der Waals surface area contributed by atoms with E-state index in [2.05, 4.69) is 0 Å². The number of carboxylic acid groups (broad SMARTS) is 1. The van der Waals surface area contributed by atoms with Gasteiger partial charge in [-0.15, -0.1) is 0 Å². The van der Waals surface area contributed by atoms with Crippen LogP contribution in [0, 0.1) is 5.82 Å². The Labute approximate surface area is 127 Å². The average molecular weight is 311 g/mol. The van der Waals surface area contributed by atoms with Crippen LogP contribution in [0.5, 0.6) is 11.5 Å². The first-order valence-electron chi connectivity index (χ1n) is 6.82. The molecule has 7 heteroatoms. The summed E-state index contributed by atoms with van der Waals surface area (Å²) in [5.41, 5.74) is -1.55.